The molecule has 0 spiro atoms. The van der Waals surface area contributed by atoms with Gasteiger partial charge in [-0.05, 0) is 33.8 Å². The summed E-state index contributed by atoms with van der Waals surface area (Å²) < 4.78 is 16.1. The quantitative estimate of drug-likeness (QED) is 0.761. The summed E-state index contributed by atoms with van der Waals surface area (Å²) in [6.45, 7) is 10.9. The zero-order valence-electron chi connectivity index (χ0n) is 12.1. The first-order chi connectivity index (χ1) is 8.42. The summed E-state index contributed by atoms with van der Waals surface area (Å²) in [5.41, 5.74) is 1.20. The fraction of sp³-hybridized carbons (Fsp3) is 0.714. The fourth-order valence-electron chi connectivity index (χ4n) is 1.49. The van der Waals surface area contributed by atoms with Crippen LogP contribution in [0.2, 0.25) is 0 Å². The van der Waals surface area contributed by atoms with Crippen molar-refractivity contribution in [2.45, 2.75) is 46.4 Å². The van der Waals surface area contributed by atoms with Crippen molar-refractivity contribution in [2.24, 2.45) is 0 Å². The van der Waals surface area contributed by atoms with Crippen LogP contribution in [0, 0.1) is 6.92 Å². The maximum atomic E-state index is 5.69. The van der Waals surface area contributed by atoms with Crippen molar-refractivity contribution in [1.29, 1.82) is 0 Å². The van der Waals surface area contributed by atoms with Gasteiger partial charge in [-0.1, -0.05) is 0 Å². The Hall–Kier alpha value is -0.840. The average molecular weight is 255 g/mol. The minimum Gasteiger partial charge on any atom is -0.465 e. The molecule has 1 rings (SSSR count). The third kappa shape index (κ3) is 5.67. The smallest absolute Gasteiger partial charge is 0.118 e. The van der Waals surface area contributed by atoms with E-state index in [1.807, 2.05) is 6.92 Å². The first kappa shape index (κ1) is 15.2. The molecule has 1 aromatic rings. The number of ether oxygens (including phenoxy) is 2. The van der Waals surface area contributed by atoms with Crippen LogP contribution in [0.25, 0.3) is 0 Å². The van der Waals surface area contributed by atoms with Gasteiger partial charge in [0.15, 0.2) is 0 Å². The average Bonchev–Trinajstić information content (AvgIpc) is 2.62. The van der Waals surface area contributed by atoms with Gasteiger partial charge in [-0.3, -0.25) is 0 Å². The van der Waals surface area contributed by atoms with Crippen molar-refractivity contribution < 1.29 is 13.9 Å². The second kappa shape index (κ2) is 6.92. The molecule has 0 aromatic carbocycles. The summed E-state index contributed by atoms with van der Waals surface area (Å²) in [6, 6.07) is 2.06. The summed E-state index contributed by atoms with van der Waals surface area (Å²) in [7, 11) is 1.67. The molecular weight excluding hydrogens is 230 g/mol. The molecule has 4 heteroatoms. The second-order valence-corrected chi connectivity index (χ2v) is 5.44. The molecule has 0 unspecified atom stereocenters. The Morgan fingerprint density at radius 2 is 2.00 bits per heavy atom. The van der Waals surface area contributed by atoms with E-state index in [0.717, 1.165) is 23.6 Å². The van der Waals surface area contributed by atoms with E-state index in [0.29, 0.717) is 19.8 Å². The minimum absolute atomic E-state index is 0.0931. The van der Waals surface area contributed by atoms with Gasteiger partial charge in [0.1, 0.15) is 11.5 Å². The van der Waals surface area contributed by atoms with Gasteiger partial charge in [0, 0.05) is 18.2 Å². The molecule has 0 aliphatic heterocycles. The maximum Gasteiger partial charge on any atom is 0.118 e. The molecule has 1 aromatic heterocycles. The SMILES string of the molecule is COCCOCc1cc(CNC(C)(C)C)oc1C. The highest BCUT2D eigenvalue weighted by Gasteiger charge is 2.12. The Bertz CT molecular complexity index is 352. The fourth-order valence-corrected chi connectivity index (χ4v) is 1.49. The Morgan fingerprint density at radius 3 is 2.61 bits per heavy atom. The predicted octanol–water partition coefficient (Wildman–Crippen LogP) is 2.64. The van der Waals surface area contributed by atoms with Crippen LogP contribution < -0.4 is 5.32 Å². The molecule has 0 bridgehead atoms. The van der Waals surface area contributed by atoms with Crippen molar-refractivity contribution in [3.05, 3.63) is 23.2 Å². The number of rotatable bonds is 7. The van der Waals surface area contributed by atoms with Gasteiger partial charge in [0.05, 0.1) is 26.4 Å². The zero-order chi connectivity index (χ0) is 13.6. The molecule has 1 heterocycles. The summed E-state index contributed by atoms with van der Waals surface area (Å²) in [5.74, 6) is 1.88. The topological polar surface area (TPSA) is 43.6 Å². The highest BCUT2D eigenvalue weighted by Crippen LogP contribution is 2.16. The van der Waals surface area contributed by atoms with Gasteiger partial charge >= 0.3 is 0 Å². The van der Waals surface area contributed by atoms with Crippen molar-refractivity contribution in [3.63, 3.8) is 0 Å². The molecule has 0 saturated carbocycles. The van der Waals surface area contributed by atoms with E-state index < -0.39 is 0 Å². The van der Waals surface area contributed by atoms with E-state index >= 15 is 0 Å². The van der Waals surface area contributed by atoms with E-state index in [9.17, 15) is 0 Å². The molecule has 0 radical (unpaired) electrons. The normalized spacial score (nSPS) is 12.1. The van der Waals surface area contributed by atoms with Crippen LogP contribution in [0.5, 0.6) is 0 Å². The van der Waals surface area contributed by atoms with Gasteiger partial charge in [-0.2, -0.15) is 0 Å². The molecule has 18 heavy (non-hydrogen) atoms. The van der Waals surface area contributed by atoms with Crippen LogP contribution in [0.1, 0.15) is 37.9 Å². The standard InChI is InChI=1S/C14H25NO3/c1-11-12(10-17-7-6-16-5)8-13(18-11)9-15-14(2,3)4/h8,15H,6-7,9-10H2,1-5H3. The van der Waals surface area contributed by atoms with Crippen LogP contribution in [0.3, 0.4) is 0 Å². The largest absolute Gasteiger partial charge is 0.465 e. The first-order valence-corrected chi connectivity index (χ1v) is 6.32. The van der Waals surface area contributed by atoms with Crippen molar-refractivity contribution in [1.82, 2.24) is 5.32 Å². The van der Waals surface area contributed by atoms with Crippen LogP contribution >= 0.6 is 0 Å². The lowest BCUT2D eigenvalue weighted by molar-refractivity contribution is 0.0611. The number of hydrogen-bond donors (Lipinski definition) is 1. The molecule has 0 fully saturated rings. The van der Waals surface area contributed by atoms with E-state index in [2.05, 4.69) is 32.2 Å². The van der Waals surface area contributed by atoms with E-state index in [4.69, 9.17) is 13.9 Å². The summed E-state index contributed by atoms with van der Waals surface area (Å²) in [4.78, 5) is 0. The second-order valence-electron chi connectivity index (χ2n) is 5.44. The van der Waals surface area contributed by atoms with Gasteiger partial charge in [0.25, 0.3) is 0 Å². The molecule has 4 nitrogen and oxygen atoms in total. The van der Waals surface area contributed by atoms with Gasteiger partial charge in [0.2, 0.25) is 0 Å². The number of furan rings is 1. The molecule has 0 aliphatic carbocycles. The van der Waals surface area contributed by atoms with Crippen LogP contribution in [0.4, 0.5) is 0 Å². The molecule has 0 saturated heterocycles. The zero-order valence-corrected chi connectivity index (χ0v) is 12.1. The van der Waals surface area contributed by atoms with Crippen molar-refractivity contribution in [3.8, 4) is 0 Å². The molecule has 0 atom stereocenters. The van der Waals surface area contributed by atoms with E-state index in [-0.39, 0.29) is 5.54 Å². The summed E-state index contributed by atoms with van der Waals surface area (Å²) >= 11 is 0. The van der Waals surface area contributed by atoms with E-state index in [1.165, 1.54) is 0 Å². The maximum absolute atomic E-state index is 5.69. The molecule has 0 aliphatic rings. The summed E-state index contributed by atoms with van der Waals surface area (Å²) in [6.07, 6.45) is 0. The van der Waals surface area contributed by atoms with Gasteiger partial charge in [-0.25, -0.2) is 0 Å². The lowest BCUT2D eigenvalue weighted by Gasteiger charge is -2.19. The predicted molar refractivity (Wildman–Crippen MR) is 71.6 cm³/mol. The Labute approximate surface area is 110 Å². The number of methoxy groups -OCH3 is 1. The molecular formula is C14H25NO3. The lowest BCUT2D eigenvalue weighted by atomic mass is 10.1. The van der Waals surface area contributed by atoms with Crippen LogP contribution in [-0.4, -0.2) is 25.9 Å². The summed E-state index contributed by atoms with van der Waals surface area (Å²) in [5, 5.41) is 3.40. The van der Waals surface area contributed by atoms with Crippen LogP contribution in [0.15, 0.2) is 10.5 Å². The van der Waals surface area contributed by atoms with Gasteiger partial charge < -0.3 is 19.2 Å². The highest BCUT2D eigenvalue weighted by atomic mass is 16.5. The molecule has 104 valence electrons. The monoisotopic (exact) mass is 255 g/mol. The third-order valence-corrected chi connectivity index (χ3v) is 2.55. The van der Waals surface area contributed by atoms with Crippen LogP contribution in [-0.2, 0) is 22.6 Å². The van der Waals surface area contributed by atoms with Gasteiger partial charge in [-0.15, -0.1) is 0 Å². The first-order valence-electron chi connectivity index (χ1n) is 6.32. The van der Waals surface area contributed by atoms with E-state index in [1.54, 1.807) is 7.11 Å². The number of hydrogen-bond acceptors (Lipinski definition) is 4. The van der Waals surface area contributed by atoms with Crippen molar-refractivity contribution >= 4 is 0 Å². The molecule has 1 N–H and O–H groups in total. The Balaban J connectivity index is 2.43. The lowest BCUT2D eigenvalue weighted by Crippen LogP contribution is -2.34. The number of nitrogens with one attached hydrogen (secondary N) is 1. The Morgan fingerprint density at radius 1 is 1.28 bits per heavy atom. The molecule has 0 amide bonds. The van der Waals surface area contributed by atoms with Crippen molar-refractivity contribution in [2.75, 3.05) is 20.3 Å². The number of aryl methyl sites for hydroxylation is 1. The highest BCUT2D eigenvalue weighted by molar-refractivity contribution is 5.20. The minimum atomic E-state index is 0.0931. The third-order valence-electron chi connectivity index (χ3n) is 2.55. The Kier molecular flexibility index (Phi) is 5.85.